The van der Waals surface area contributed by atoms with Gasteiger partial charge in [0.1, 0.15) is 0 Å². The third kappa shape index (κ3) is 4.45. The lowest BCUT2D eigenvalue weighted by Crippen LogP contribution is -2.45. The fourth-order valence-corrected chi connectivity index (χ4v) is 2.94. The Hall–Kier alpha value is -1.06. The van der Waals surface area contributed by atoms with Gasteiger partial charge >= 0.3 is 0 Å². The van der Waals surface area contributed by atoms with Gasteiger partial charge in [0.25, 0.3) is 0 Å². The van der Waals surface area contributed by atoms with Crippen molar-refractivity contribution in [2.75, 3.05) is 19.7 Å². The number of amides is 1. The predicted molar refractivity (Wildman–Crippen MR) is 85.6 cm³/mol. The zero-order valence-corrected chi connectivity index (χ0v) is 13.8. The summed E-state index contributed by atoms with van der Waals surface area (Å²) in [6.45, 7) is 8.38. The van der Waals surface area contributed by atoms with E-state index >= 15 is 0 Å². The fourth-order valence-electron chi connectivity index (χ4n) is 2.81. The second-order valence-corrected chi connectivity index (χ2v) is 6.56. The zero-order valence-electron chi connectivity index (χ0n) is 13.0. The van der Waals surface area contributed by atoms with Crippen LogP contribution in [0.25, 0.3) is 0 Å². The number of nitrogens with zero attached hydrogens (tertiary/aromatic N) is 1. The maximum Gasteiger partial charge on any atom is 0.223 e. The van der Waals surface area contributed by atoms with Crippen molar-refractivity contribution in [3.05, 3.63) is 34.9 Å². The highest BCUT2D eigenvalue weighted by molar-refractivity contribution is 6.30. The molecule has 1 aliphatic heterocycles. The van der Waals surface area contributed by atoms with E-state index < -0.39 is 0 Å². The van der Waals surface area contributed by atoms with Gasteiger partial charge in [-0.3, -0.25) is 4.79 Å². The van der Waals surface area contributed by atoms with Crippen molar-refractivity contribution in [2.45, 2.75) is 39.2 Å². The zero-order chi connectivity index (χ0) is 15.4. The van der Waals surface area contributed by atoms with Gasteiger partial charge < -0.3 is 9.64 Å². The van der Waals surface area contributed by atoms with Crippen LogP contribution >= 0.6 is 11.6 Å². The minimum atomic E-state index is 0.135. The van der Waals surface area contributed by atoms with Crippen LogP contribution in [0.15, 0.2) is 24.3 Å². The molecule has 1 aromatic carbocycles. The van der Waals surface area contributed by atoms with E-state index in [4.69, 9.17) is 16.3 Å². The summed E-state index contributed by atoms with van der Waals surface area (Å²) in [5, 5.41) is 0.731. The minimum Gasteiger partial charge on any atom is -0.375 e. The number of carbonyl (C=O) groups excluding carboxylic acids is 1. The lowest BCUT2D eigenvalue weighted by molar-refractivity contribution is -0.138. The summed E-state index contributed by atoms with van der Waals surface area (Å²) >= 11 is 5.95. The van der Waals surface area contributed by atoms with Crippen molar-refractivity contribution in [2.24, 2.45) is 5.92 Å². The molecule has 3 nitrogen and oxygen atoms in total. The van der Waals surface area contributed by atoms with Crippen LogP contribution in [0.5, 0.6) is 0 Å². The van der Waals surface area contributed by atoms with Crippen LogP contribution in [0.4, 0.5) is 0 Å². The summed E-state index contributed by atoms with van der Waals surface area (Å²) in [4.78, 5) is 14.5. The average Bonchev–Trinajstić information content (AvgIpc) is 2.45. The van der Waals surface area contributed by atoms with Gasteiger partial charge in [0, 0.05) is 24.5 Å². The second-order valence-electron chi connectivity index (χ2n) is 6.13. The first-order valence-electron chi connectivity index (χ1n) is 7.62. The molecule has 0 bridgehead atoms. The first-order chi connectivity index (χ1) is 9.97. The SMILES string of the molecule is CC1CN(C(=O)CC(c2ccc(Cl)cc2)C(C)C)CCO1. The number of hydrogen-bond donors (Lipinski definition) is 0. The highest BCUT2D eigenvalue weighted by atomic mass is 35.5. The number of rotatable bonds is 4. The number of morpholine rings is 1. The van der Waals surface area contributed by atoms with Crippen molar-refractivity contribution in [3.63, 3.8) is 0 Å². The van der Waals surface area contributed by atoms with Gasteiger partial charge in [-0.05, 0) is 36.5 Å². The molecule has 2 rings (SSSR count). The van der Waals surface area contributed by atoms with E-state index in [0.29, 0.717) is 32.0 Å². The quantitative estimate of drug-likeness (QED) is 0.848. The van der Waals surface area contributed by atoms with Crippen molar-refractivity contribution in [3.8, 4) is 0 Å². The molecule has 0 aromatic heterocycles. The largest absolute Gasteiger partial charge is 0.375 e. The first kappa shape index (κ1) is 16.3. The summed E-state index contributed by atoms with van der Waals surface area (Å²) in [6.07, 6.45) is 0.683. The Bertz CT molecular complexity index is 472. The van der Waals surface area contributed by atoms with E-state index in [1.54, 1.807) is 0 Å². The third-order valence-electron chi connectivity index (χ3n) is 4.09. The van der Waals surface area contributed by atoms with Gasteiger partial charge in [0.05, 0.1) is 12.7 Å². The standard InChI is InChI=1S/C17H24ClNO2/c1-12(2)16(14-4-6-15(18)7-5-14)10-17(20)19-8-9-21-13(3)11-19/h4-7,12-13,16H,8-11H2,1-3H3. The molecule has 4 heteroatoms. The molecule has 0 radical (unpaired) electrons. The maximum absolute atomic E-state index is 12.5. The summed E-state index contributed by atoms with van der Waals surface area (Å²) in [5.41, 5.74) is 1.18. The molecular formula is C17H24ClNO2. The molecule has 0 aliphatic carbocycles. The van der Waals surface area contributed by atoms with Gasteiger partial charge in [-0.15, -0.1) is 0 Å². The first-order valence-corrected chi connectivity index (χ1v) is 8.00. The molecule has 2 unspecified atom stereocenters. The number of benzene rings is 1. The Morgan fingerprint density at radius 3 is 2.62 bits per heavy atom. The number of ether oxygens (including phenoxy) is 1. The Balaban J connectivity index is 2.05. The maximum atomic E-state index is 12.5. The van der Waals surface area contributed by atoms with Crippen molar-refractivity contribution in [1.29, 1.82) is 0 Å². The van der Waals surface area contributed by atoms with E-state index in [-0.39, 0.29) is 17.9 Å². The molecule has 21 heavy (non-hydrogen) atoms. The van der Waals surface area contributed by atoms with E-state index in [1.165, 1.54) is 5.56 Å². The van der Waals surface area contributed by atoms with Gasteiger partial charge in [-0.1, -0.05) is 37.6 Å². The van der Waals surface area contributed by atoms with Gasteiger partial charge in [0.2, 0.25) is 5.91 Å². The van der Waals surface area contributed by atoms with E-state index in [1.807, 2.05) is 36.1 Å². The molecule has 0 N–H and O–H groups in total. The van der Waals surface area contributed by atoms with Crippen LogP contribution in [-0.4, -0.2) is 36.6 Å². The van der Waals surface area contributed by atoms with Crippen LogP contribution < -0.4 is 0 Å². The second kappa shape index (κ2) is 7.28. The van der Waals surface area contributed by atoms with Gasteiger partial charge in [-0.2, -0.15) is 0 Å². The molecule has 0 saturated carbocycles. The van der Waals surface area contributed by atoms with Gasteiger partial charge in [0.15, 0.2) is 0 Å². The van der Waals surface area contributed by atoms with Crippen LogP contribution in [0.3, 0.4) is 0 Å². The lowest BCUT2D eigenvalue weighted by Gasteiger charge is -2.33. The average molecular weight is 310 g/mol. The normalized spacial score (nSPS) is 20.6. The molecule has 0 spiro atoms. The molecule has 1 aliphatic rings. The van der Waals surface area contributed by atoms with Crippen molar-refractivity contribution >= 4 is 17.5 Å². The molecule has 1 saturated heterocycles. The smallest absolute Gasteiger partial charge is 0.223 e. The van der Waals surface area contributed by atoms with Crippen LogP contribution in [-0.2, 0) is 9.53 Å². The number of halogens is 1. The molecular weight excluding hydrogens is 286 g/mol. The molecule has 116 valence electrons. The fraction of sp³-hybridized carbons (Fsp3) is 0.588. The summed E-state index contributed by atoms with van der Waals surface area (Å²) in [6, 6.07) is 7.85. The molecule has 1 heterocycles. The van der Waals surface area contributed by atoms with Crippen LogP contribution in [0, 0.1) is 5.92 Å². The van der Waals surface area contributed by atoms with Crippen LogP contribution in [0.1, 0.15) is 38.7 Å². The number of carbonyl (C=O) groups is 1. The molecule has 1 amide bonds. The van der Waals surface area contributed by atoms with E-state index in [0.717, 1.165) is 5.02 Å². The predicted octanol–water partition coefficient (Wildman–Crippen LogP) is 3.72. The van der Waals surface area contributed by atoms with Crippen molar-refractivity contribution in [1.82, 2.24) is 4.90 Å². The van der Waals surface area contributed by atoms with Crippen LogP contribution in [0.2, 0.25) is 5.02 Å². The Morgan fingerprint density at radius 2 is 2.05 bits per heavy atom. The van der Waals surface area contributed by atoms with Gasteiger partial charge in [-0.25, -0.2) is 0 Å². The topological polar surface area (TPSA) is 29.5 Å². The third-order valence-corrected chi connectivity index (χ3v) is 4.34. The highest BCUT2D eigenvalue weighted by Gasteiger charge is 2.26. The summed E-state index contributed by atoms with van der Waals surface area (Å²) < 4.78 is 5.50. The summed E-state index contributed by atoms with van der Waals surface area (Å²) in [5.74, 6) is 0.861. The molecule has 1 fully saturated rings. The molecule has 1 aromatic rings. The highest BCUT2D eigenvalue weighted by Crippen LogP contribution is 2.29. The number of hydrogen-bond acceptors (Lipinski definition) is 2. The Morgan fingerprint density at radius 1 is 1.38 bits per heavy atom. The van der Waals surface area contributed by atoms with Crippen molar-refractivity contribution < 1.29 is 9.53 Å². The van der Waals surface area contributed by atoms with E-state index in [9.17, 15) is 4.79 Å². The summed E-state index contributed by atoms with van der Waals surface area (Å²) in [7, 11) is 0. The lowest BCUT2D eigenvalue weighted by atomic mass is 9.85. The molecule has 2 atom stereocenters. The monoisotopic (exact) mass is 309 g/mol. The minimum absolute atomic E-state index is 0.135. The Labute approximate surface area is 132 Å². The Kier molecular flexibility index (Phi) is 5.65. The van der Waals surface area contributed by atoms with E-state index in [2.05, 4.69) is 13.8 Å².